The van der Waals surface area contributed by atoms with Crippen LogP contribution in [0, 0.1) is 6.92 Å². The van der Waals surface area contributed by atoms with Gasteiger partial charge in [0, 0.05) is 51.7 Å². The zero-order chi connectivity index (χ0) is 17.6. The van der Waals surface area contributed by atoms with Crippen molar-refractivity contribution in [3.05, 3.63) is 35.4 Å². The summed E-state index contributed by atoms with van der Waals surface area (Å²) in [5.74, 6) is 0.336. The van der Waals surface area contributed by atoms with E-state index in [9.17, 15) is 4.79 Å². The topological polar surface area (TPSA) is 26.8 Å². The minimum absolute atomic E-state index is 0.336. The molecule has 0 saturated carbocycles. The minimum atomic E-state index is 0.336. The number of likely N-dealkylation sites (tertiary alicyclic amines) is 1. The van der Waals surface area contributed by atoms with E-state index in [1.807, 2.05) is 0 Å². The summed E-state index contributed by atoms with van der Waals surface area (Å²) < 4.78 is 0. The third-order valence-electron chi connectivity index (χ3n) is 5.76. The van der Waals surface area contributed by atoms with Crippen LogP contribution in [0.1, 0.15) is 36.8 Å². The molecule has 2 aliphatic rings. The van der Waals surface area contributed by atoms with Crippen molar-refractivity contribution in [1.82, 2.24) is 14.7 Å². The summed E-state index contributed by atoms with van der Waals surface area (Å²) in [6.07, 6.45) is 5.14. The first-order chi connectivity index (χ1) is 12.1. The normalized spacial score (nSPS) is 23.4. The van der Waals surface area contributed by atoms with Crippen LogP contribution in [0.3, 0.4) is 0 Å². The van der Waals surface area contributed by atoms with Crippen molar-refractivity contribution in [2.75, 3.05) is 46.3 Å². The van der Waals surface area contributed by atoms with Gasteiger partial charge in [0.2, 0.25) is 5.91 Å². The van der Waals surface area contributed by atoms with E-state index in [1.54, 1.807) is 0 Å². The Hall–Kier alpha value is -1.39. The van der Waals surface area contributed by atoms with Crippen molar-refractivity contribution in [2.24, 2.45) is 0 Å². The molecule has 3 rings (SSSR count). The molecular formula is C21H33N3O. The predicted octanol–water partition coefficient (Wildman–Crippen LogP) is 2.56. The Morgan fingerprint density at radius 3 is 2.68 bits per heavy atom. The molecule has 1 amide bonds. The van der Waals surface area contributed by atoms with Gasteiger partial charge in [0.05, 0.1) is 0 Å². The molecule has 1 unspecified atom stereocenters. The fourth-order valence-electron chi connectivity index (χ4n) is 4.11. The van der Waals surface area contributed by atoms with Gasteiger partial charge < -0.3 is 9.80 Å². The van der Waals surface area contributed by atoms with Crippen LogP contribution in [0.2, 0.25) is 0 Å². The summed E-state index contributed by atoms with van der Waals surface area (Å²) in [7, 11) is 2.20. The Kier molecular flexibility index (Phi) is 6.49. The predicted molar refractivity (Wildman–Crippen MR) is 103 cm³/mol. The number of hydrogen-bond acceptors (Lipinski definition) is 3. The van der Waals surface area contributed by atoms with Crippen molar-refractivity contribution in [1.29, 1.82) is 0 Å². The molecule has 0 aromatic heterocycles. The number of aryl methyl sites for hydroxylation is 2. The van der Waals surface area contributed by atoms with Crippen molar-refractivity contribution in [3.63, 3.8) is 0 Å². The molecule has 0 aliphatic carbocycles. The maximum absolute atomic E-state index is 12.8. The number of nitrogens with zero attached hydrogens (tertiary/aromatic N) is 3. The standard InChI is InChI=1S/C21H33N3O/c1-18-6-5-7-19(16-18)9-10-21(25)24-11-4-3-8-20(17-24)23-14-12-22(2)13-15-23/h5-7,16,20H,3-4,8-15,17H2,1-2H3. The van der Waals surface area contributed by atoms with Gasteiger partial charge in [0.25, 0.3) is 0 Å². The number of likely N-dealkylation sites (N-methyl/N-ethyl adjacent to an activating group) is 1. The van der Waals surface area contributed by atoms with E-state index in [1.165, 1.54) is 24.0 Å². The highest BCUT2D eigenvalue weighted by Gasteiger charge is 2.27. The number of rotatable bonds is 4. The van der Waals surface area contributed by atoms with Crippen LogP contribution in [0.4, 0.5) is 0 Å². The highest BCUT2D eigenvalue weighted by molar-refractivity contribution is 5.76. The van der Waals surface area contributed by atoms with Crippen LogP contribution in [0.15, 0.2) is 24.3 Å². The molecule has 25 heavy (non-hydrogen) atoms. The number of carbonyl (C=O) groups is 1. The fraction of sp³-hybridized carbons (Fsp3) is 0.667. The molecule has 1 atom stereocenters. The van der Waals surface area contributed by atoms with Crippen molar-refractivity contribution in [3.8, 4) is 0 Å². The van der Waals surface area contributed by atoms with E-state index >= 15 is 0 Å². The van der Waals surface area contributed by atoms with Crippen LogP contribution in [-0.2, 0) is 11.2 Å². The monoisotopic (exact) mass is 343 g/mol. The Morgan fingerprint density at radius 2 is 1.92 bits per heavy atom. The lowest BCUT2D eigenvalue weighted by Crippen LogP contribution is -2.52. The highest BCUT2D eigenvalue weighted by atomic mass is 16.2. The van der Waals surface area contributed by atoms with Crippen molar-refractivity contribution in [2.45, 2.75) is 45.1 Å². The number of benzene rings is 1. The molecule has 2 aliphatic heterocycles. The molecule has 0 bridgehead atoms. The van der Waals surface area contributed by atoms with E-state index in [0.29, 0.717) is 18.4 Å². The SMILES string of the molecule is Cc1cccc(CCC(=O)N2CCCCC(N3CCN(C)CC3)C2)c1. The summed E-state index contributed by atoms with van der Waals surface area (Å²) in [4.78, 5) is 20.0. The van der Waals surface area contributed by atoms with Gasteiger partial charge in [0.15, 0.2) is 0 Å². The average Bonchev–Trinajstić information content (AvgIpc) is 2.87. The molecule has 138 valence electrons. The van der Waals surface area contributed by atoms with E-state index in [0.717, 1.165) is 52.1 Å². The quantitative estimate of drug-likeness (QED) is 0.841. The van der Waals surface area contributed by atoms with E-state index < -0.39 is 0 Å². The van der Waals surface area contributed by atoms with E-state index in [4.69, 9.17) is 0 Å². The Morgan fingerprint density at radius 1 is 1.12 bits per heavy atom. The molecule has 0 spiro atoms. The van der Waals surface area contributed by atoms with Gasteiger partial charge in [-0.15, -0.1) is 0 Å². The van der Waals surface area contributed by atoms with Crippen molar-refractivity contribution < 1.29 is 4.79 Å². The molecule has 4 heteroatoms. The first-order valence-corrected chi connectivity index (χ1v) is 9.88. The molecule has 2 heterocycles. The summed E-state index contributed by atoms with van der Waals surface area (Å²) in [5.41, 5.74) is 2.55. The van der Waals surface area contributed by atoms with Crippen LogP contribution >= 0.6 is 0 Å². The fourth-order valence-corrected chi connectivity index (χ4v) is 4.11. The van der Waals surface area contributed by atoms with E-state index in [2.05, 4.69) is 52.9 Å². The zero-order valence-electron chi connectivity index (χ0n) is 15.9. The van der Waals surface area contributed by atoms with Gasteiger partial charge in [-0.2, -0.15) is 0 Å². The van der Waals surface area contributed by atoms with Crippen LogP contribution in [-0.4, -0.2) is 73.0 Å². The maximum Gasteiger partial charge on any atom is 0.222 e. The summed E-state index contributed by atoms with van der Waals surface area (Å²) in [5, 5.41) is 0. The number of hydrogen-bond donors (Lipinski definition) is 0. The molecular weight excluding hydrogens is 310 g/mol. The second kappa shape index (κ2) is 8.81. The molecule has 2 saturated heterocycles. The molecule has 1 aromatic carbocycles. The van der Waals surface area contributed by atoms with Gasteiger partial charge in [-0.3, -0.25) is 9.69 Å². The molecule has 4 nitrogen and oxygen atoms in total. The smallest absolute Gasteiger partial charge is 0.222 e. The lowest BCUT2D eigenvalue weighted by molar-refractivity contribution is -0.131. The van der Waals surface area contributed by atoms with Gasteiger partial charge in [-0.1, -0.05) is 36.2 Å². The van der Waals surface area contributed by atoms with Crippen LogP contribution < -0.4 is 0 Å². The van der Waals surface area contributed by atoms with Gasteiger partial charge in [0.1, 0.15) is 0 Å². The highest BCUT2D eigenvalue weighted by Crippen LogP contribution is 2.19. The summed E-state index contributed by atoms with van der Waals surface area (Å²) in [6.45, 7) is 8.57. The summed E-state index contributed by atoms with van der Waals surface area (Å²) in [6, 6.07) is 9.09. The van der Waals surface area contributed by atoms with Gasteiger partial charge in [-0.05, 0) is 38.8 Å². The lowest BCUT2D eigenvalue weighted by Gasteiger charge is -2.39. The number of amides is 1. The zero-order valence-corrected chi connectivity index (χ0v) is 15.9. The largest absolute Gasteiger partial charge is 0.341 e. The van der Waals surface area contributed by atoms with Crippen LogP contribution in [0.25, 0.3) is 0 Å². The first-order valence-electron chi connectivity index (χ1n) is 9.88. The maximum atomic E-state index is 12.8. The minimum Gasteiger partial charge on any atom is -0.341 e. The Bertz CT molecular complexity index is 566. The lowest BCUT2D eigenvalue weighted by atomic mass is 10.1. The molecule has 1 aromatic rings. The van der Waals surface area contributed by atoms with E-state index in [-0.39, 0.29) is 0 Å². The van der Waals surface area contributed by atoms with Gasteiger partial charge >= 0.3 is 0 Å². The molecule has 2 fully saturated rings. The summed E-state index contributed by atoms with van der Waals surface area (Å²) >= 11 is 0. The second-order valence-corrected chi connectivity index (χ2v) is 7.82. The third kappa shape index (κ3) is 5.29. The van der Waals surface area contributed by atoms with Crippen molar-refractivity contribution >= 4 is 5.91 Å². The average molecular weight is 344 g/mol. The Balaban J connectivity index is 1.54. The van der Waals surface area contributed by atoms with Crippen LogP contribution in [0.5, 0.6) is 0 Å². The third-order valence-corrected chi connectivity index (χ3v) is 5.76. The molecule has 0 radical (unpaired) electrons. The number of piperazine rings is 1. The first kappa shape index (κ1) is 18.4. The second-order valence-electron chi connectivity index (χ2n) is 7.82. The molecule has 0 N–H and O–H groups in total. The number of carbonyl (C=O) groups excluding carboxylic acids is 1. The Labute approximate surface area is 152 Å². The van der Waals surface area contributed by atoms with Gasteiger partial charge in [-0.25, -0.2) is 0 Å².